The van der Waals surface area contributed by atoms with E-state index < -0.39 is 5.82 Å². The molecule has 0 radical (unpaired) electrons. The van der Waals surface area contributed by atoms with Crippen LogP contribution in [-0.4, -0.2) is 12.5 Å². The maximum atomic E-state index is 13.1. The predicted molar refractivity (Wildman–Crippen MR) is 77.2 cm³/mol. The highest BCUT2D eigenvalue weighted by Crippen LogP contribution is 2.31. The number of hydrazine groups is 1. The van der Waals surface area contributed by atoms with E-state index in [1.165, 1.54) is 12.1 Å². The first-order valence-electron chi connectivity index (χ1n) is 5.36. The zero-order valence-corrected chi connectivity index (χ0v) is 12.4. The Kier molecular flexibility index (Phi) is 5.84. The van der Waals surface area contributed by atoms with Crippen molar-refractivity contribution >= 4 is 39.2 Å². The van der Waals surface area contributed by atoms with Crippen molar-refractivity contribution in [3.8, 4) is 0 Å². The lowest BCUT2D eigenvalue weighted by Gasteiger charge is -2.13. The molecule has 0 bridgehead atoms. The lowest BCUT2D eigenvalue weighted by molar-refractivity contribution is 0.627. The SMILES string of the molecule is CC(C)CN=C(NN)Nc1c(Cl)cc(F)cc1Br. The van der Waals surface area contributed by atoms with Crippen LogP contribution in [0.3, 0.4) is 0 Å². The largest absolute Gasteiger partial charge is 0.323 e. The molecule has 0 aliphatic rings. The number of hydrogen-bond donors (Lipinski definition) is 3. The Balaban J connectivity index is 2.92. The van der Waals surface area contributed by atoms with E-state index in [-0.39, 0.29) is 5.02 Å². The summed E-state index contributed by atoms with van der Waals surface area (Å²) >= 11 is 9.17. The van der Waals surface area contributed by atoms with Crippen LogP contribution in [0, 0.1) is 11.7 Å². The van der Waals surface area contributed by atoms with Gasteiger partial charge < -0.3 is 5.32 Å². The maximum Gasteiger partial charge on any atom is 0.210 e. The number of nitrogens with one attached hydrogen (secondary N) is 2. The van der Waals surface area contributed by atoms with E-state index >= 15 is 0 Å². The summed E-state index contributed by atoms with van der Waals surface area (Å²) in [5.74, 6) is 5.72. The van der Waals surface area contributed by atoms with Crippen molar-refractivity contribution < 1.29 is 4.39 Å². The molecule has 0 saturated heterocycles. The van der Waals surface area contributed by atoms with Crippen LogP contribution in [0.4, 0.5) is 10.1 Å². The topological polar surface area (TPSA) is 62.4 Å². The second kappa shape index (κ2) is 6.92. The Morgan fingerprint density at radius 2 is 2.22 bits per heavy atom. The van der Waals surface area contributed by atoms with E-state index in [4.69, 9.17) is 17.4 Å². The molecule has 0 aliphatic carbocycles. The number of benzene rings is 1. The fourth-order valence-corrected chi connectivity index (χ4v) is 2.07. The Bertz CT molecular complexity index is 428. The van der Waals surface area contributed by atoms with Crippen molar-refractivity contribution in [2.45, 2.75) is 13.8 Å². The Morgan fingerprint density at radius 3 is 2.72 bits per heavy atom. The molecule has 0 aromatic heterocycles. The van der Waals surface area contributed by atoms with Crippen LogP contribution in [0.1, 0.15) is 13.8 Å². The molecule has 0 aliphatic heterocycles. The van der Waals surface area contributed by atoms with Gasteiger partial charge in [-0.1, -0.05) is 25.4 Å². The van der Waals surface area contributed by atoms with Gasteiger partial charge in [-0.3, -0.25) is 10.4 Å². The summed E-state index contributed by atoms with van der Waals surface area (Å²) < 4.78 is 13.6. The summed E-state index contributed by atoms with van der Waals surface area (Å²) in [5.41, 5.74) is 2.95. The summed E-state index contributed by atoms with van der Waals surface area (Å²) in [4.78, 5) is 4.24. The van der Waals surface area contributed by atoms with Crippen LogP contribution in [0.25, 0.3) is 0 Å². The van der Waals surface area contributed by atoms with E-state index in [1.807, 2.05) is 13.8 Å². The van der Waals surface area contributed by atoms with Crippen molar-refractivity contribution in [3.63, 3.8) is 0 Å². The summed E-state index contributed by atoms with van der Waals surface area (Å²) in [5, 5.41) is 3.16. The maximum absolute atomic E-state index is 13.1. The molecule has 1 aromatic rings. The van der Waals surface area contributed by atoms with Crippen LogP contribution in [-0.2, 0) is 0 Å². The molecule has 0 atom stereocenters. The van der Waals surface area contributed by atoms with Crippen molar-refractivity contribution in [1.29, 1.82) is 0 Å². The lowest BCUT2D eigenvalue weighted by atomic mass is 10.2. The summed E-state index contributed by atoms with van der Waals surface area (Å²) in [6.07, 6.45) is 0. The molecule has 100 valence electrons. The van der Waals surface area contributed by atoms with E-state index in [2.05, 4.69) is 31.7 Å². The van der Waals surface area contributed by atoms with Crippen molar-refractivity contribution in [2.24, 2.45) is 16.8 Å². The number of anilines is 1. The molecule has 0 spiro atoms. The smallest absolute Gasteiger partial charge is 0.210 e. The van der Waals surface area contributed by atoms with Gasteiger partial charge in [-0.2, -0.15) is 0 Å². The van der Waals surface area contributed by atoms with Crippen LogP contribution in [0.2, 0.25) is 5.02 Å². The van der Waals surface area contributed by atoms with Crippen LogP contribution < -0.4 is 16.6 Å². The van der Waals surface area contributed by atoms with Crippen LogP contribution in [0.15, 0.2) is 21.6 Å². The molecule has 1 aromatic carbocycles. The third-order valence-electron chi connectivity index (χ3n) is 2.00. The summed E-state index contributed by atoms with van der Waals surface area (Å²) in [6, 6.07) is 2.52. The monoisotopic (exact) mass is 336 g/mol. The number of guanidine groups is 1. The molecule has 0 amide bonds. The highest BCUT2D eigenvalue weighted by Gasteiger charge is 2.10. The number of rotatable bonds is 3. The molecule has 7 heteroatoms. The third kappa shape index (κ3) is 4.44. The molecule has 4 N–H and O–H groups in total. The minimum absolute atomic E-state index is 0.245. The second-order valence-corrected chi connectivity index (χ2v) is 5.36. The Morgan fingerprint density at radius 1 is 1.56 bits per heavy atom. The second-order valence-electron chi connectivity index (χ2n) is 4.10. The zero-order valence-electron chi connectivity index (χ0n) is 10.1. The van der Waals surface area contributed by atoms with Gasteiger partial charge >= 0.3 is 0 Å². The highest BCUT2D eigenvalue weighted by molar-refractivity contribution is 9.10. The fraction of sp³-hybridized carbons (Fsp3) is 0.364. The molecule has 0 fully saturated rings. The first kappa shape index (κ1) is 15.2. The Labute approximate surface area is 119 Å². The van der Waals surface area contributed by atoms with E-state index in [0.29, 0.717) is 28.6 Å². The number of aliphatic imine (C=N–C) groups is 1. The molecule has 0 saturated carbocycles. The van der Waals surface area contributed by atoms with Crippen molar-refractivity contribution in [2.75, 3.05) is 11.9 Å². The van der Waals surface area contributed by atoms with Gasteiger partial charge in [0.2, 0.25) is 5.96 Å². The minimum atomic E-state index is -0.418. The average molecular weight is 338 g/mol. The molecule has 4 nitrogen and oxygen atoms in total. The first-order chi connectivity index (χ1) is 8.43. The quantitative estimate of drug-likeness (QED) is 0.344. The van der Waals surface area contributed by atoms with Crippen LogP contribution >= 0.6 is 27.5 Å². The van der Waals surface area contributed by atoms with E-state index in [0.717, 1.165) is 0 Å². The van der Waals surface area contributed by atoms with Crippen molar-refractivity contribution in [1.82, 2.24) is 5.43 Å². The summed E-state index contributed by atoms with van der Waals surface area (Å²) in [6.45, 7) is 4.69. The van der Waals surface area contributed by atoms with Gasteiger partial charge in [0.15, 0.2) is 0 Å². The summed E-state index contributed by atoms with van der Waals surface area (Å²) in [7, 11) is 0. The van der Waals surface area contributed by atoms with Gasteiger partial charge in [-0.15, -0.1) is 0 Å². The van der Waals surface area contributed by atoms with Crippen LogP contribution in [0.5, 0.6) is 0 Å². The highest BCUT2D eigenvalue weighted by atomic mass is 79.9. The van der Waals surface area contributed by atoms with Crippen molar-refractivity contribution in [3.05, 3.63) is 27.4 Å². The molecule has 0 heterocycles. The average Bonchev–Trinajstić information content (AvgIpc) is 2.26. The molecule has 0 unspecified atom stereocenters. The van der Waals surface area contributed by atoms with Gasteiger partial charge in [0.25, 0.3) is 0 Å². The molecule has 1 rings (SSSR count). The van der Waals surface area contributed by atoms with Gasteiger partial charge in [0, 0.05) is 11.0 Å². The lowest BCUT2D eigenvalue weighted by Crippen LogP contribution is -2.36. The van der Waals surface area contributed by atoms with Gasteiger partial charge in [0.1, 0.15) is 5.82 Å². The van der Waals surface area contributed by atoms with Gasteiger partial charge in [-0.25, -0.2) is 10.2 Å². The van der Waals surface area contributed by atoms with Gasteiger partial charge in [0.05, 0.1) is 10.7 Å². The number of hydrogen-bond acceptors (Lipinski definition) is 2. The Hall–Kier alpha value is -0.850. The standard InChI is InChI=1S/C11H15BrClFN4/c1-6(2)5-16-11(18-15)17-10-8(12)3-7(14)4-9(10)13/h3-4,6H,5,15H2,1-2H3,(H2,16,17,18). The normalized spacial score (nSPS) is 11.8. The molecule has 18 heavy (non-hydrogen) atoms. The van der Waals surface area contributed by atoms with E-state index in [9.17, 15) is 4.39 Å². The first-order valence-corrected chi connectivity index (χ1v) is 6.53. The minimum Gasteiger partial charge on any atom is -0.323 e. The third-order valence-corrected chi connectivity index (χ3v) is 2.93. The number of nitrogens with two attached hydrogens (primary N) is 1. The molecular weight excluding hydrogens is 323 g/mol. The predicted octanol–water partition coefficient (Wildman–Crippen LogP) is 3.13. The van der Waals surface area contributed by atoms with E-state index in [1.54, 1.807) is 0 Å². The number of halogens is 3. The number of nitrogens with zero attached hydrogens (tertiary/aromatic N) is 1. The van der Waals surface area contributed by atoms with Gasteiger partial charge in [-0.05, 0) is 34.0 Å². The zero-order chi connectivity index (χ0) is 13.7. The molecular formula is C11H15BrClFN4. The fourth-order valence-electron chi connectivity index (χ4n) is 1.18.